The zero-order valence-corrected chi connectivity index (χ0v) is 16.7. The van der Waals surface area contributed by atoms with Gasteiger partial charge in [0.25, 0.3) is 0 Å². The topological polar surface area (TPSA) is 32.3 Å². The molecule has 28 heavy (non-hydrogen) atoms. The lowest BCUT2D eigenvalue weighted by Gasteiger charge is -2.25. The molecule has 4 rings (SSSR count). The van der Waals surface area contributed by atoms with Crippen molar-refractivity contribution in [2.24, 2.45) is 5.92 Å². The van der Waals surface area contributed by atoms with Gasteiger partial charge in [-0.15, -0.1) is 0 Å². The number of hydrogen-bond donors (Lipinski definition) is 1. The van der Waals surface area contributed by atoms with E-state index in [4.69, 9.17) is 0 Å². The fraction of sp³-hybridized carbons (Fsp3) is 0.480. The molecule has 2 aromatic carbocycles. The SMILES string of the molecule is O=C(NC1CCN(CCc2ccccc2)C1)C(c1ccccc1)C1CCCC1. The molecule has 2 fully saturated rings. The monoisotopic (exact) mass is 376 g/mol. The number of carbonyl (C=O) groups is 1. The van der Waals surface area contributed by atoms with E-state index in [-0.39, 0.29) is 17.9 Å². The molecule has 3 nitrogen and oxygen atoms in total. The highest BCUT2D eigenvalue weighted by Crippen LogP contribution is 2.37. The zero-order valence-electron chi connectivity index (χ0n) is 16.7. The lowest BCUT2D eigenvalue weighted by atomic mass is 9.84. The van der Waals surface area contributed by atoms with Crippen LogP contribution in [0.4, 0.5) is 0 Å². The molecule has 1 heterocycles. The summed E-state index contributed by atoms with van der Waals surface area (Å²) < 4.78 is 0. The number of rotatable bonds is 7. The summed E-state index contributed by atoms with van der Waals surface area (Å²) in [6.07, 6.45) is 7.03. The van der Waals surface area contributed by atoms with Gasteiger partial charge in [0.1, 0.15) is 0 Å². The minimum Gasteiger partial charge on any atom is -0.351 e. The summed E-state index contributed by atoms with van der Waals surface area (Å²) in [5, 5.41) is 3.40. The molecule has 1 aliphatic carbocycles. The molecule has 2 unspecified atom stereocenters. The van der Waals surface area contributed by atoms with E-state index in [2.05, 4.69) is 64.8 Å². The second-order valence-corrected chi connectivity index (χ2v) is 8.46. The van der Waals surface area contributed by atoms with Crippen LogP contribution < -0.4 is 5.32 Å². The van der Waals surface area contributed by atoms with Gasteiger partial charge in [0, 0.05) is 25.7 Å². The third kappa shape index (κ3) is 4.82. The van der Waals surface area contributed by atoms with Crippen molar-refractivity contribution < 1.29 is 4.79 Å². The first-order valence-corrected chi connectivity index (χ1v) is 10.9. The number of nitrogens with zero attached hydrogens (tertiary/aromatic N) is 1. The predicted molar refractivity (Wildman–Crippen MR) is 114 cm³/mol. The van der Waals surface area contributed by atoms with Crippen molar-refractivity contribution in [3.8, 4) is 0 Å². The smallest absolute Gasteiger partial charge is 0.228 e. The Morgan fingerprint density at radius 1 is 0.964 bits per heavy atom. The number of likely N-dealkylation sites (tertiary alicyclic amines) is 1. The Bertz CT molecular complexity index is 740. The summed E-state index contributed by atoms with van der Waals surface area (Å²) in [6, 6.07) is 21.4. The van der Waals surface area contributed by atoms with Gasteiger partial charge in [-0.25, -0.2) is 0 Å². The van der Waals surface area contributed by atoms with Gasteiger partial charge >= 0.3 is 0 Å². The Hall–Kier alpha value is -2.13. The average Bonchev–Trinajstić information content (AvgIpc) is 3.41. The minimum absolute atomic E-state index is 0.0158. The first-order chi connectivity index (χ1) is 13.8. The lowest BCUT2D eigenvalue weighted by Crippen LogP contribution is -2.41. The Morgan fingerprint density at radius 3 is 2.36 bits per heavy atom. The second-order valence-electron chi connectivity index (χ2n) is 8.46. The molecule has 1 saturated heterocycles. The summed E-state index contributed by atoms with van der Waals surface area (Å²) in [5.41, 5.74) is 2.58. The summed E-state index contributed by atoms with van der Waals surface area (Å²) in [7, 11) is 0. The van der Waals surface area contributed by atoms with Gasteiger partial charge in [0.2, 0.25) is 5.91 Å². The highest BCUT2D eigenvalue weighted by molar-refractivity contribution is 5.84. The average molecular weight is 377 g/mol. The Kier molecular flexibility index (Phi) is 6.43. The fourth-order valence-corrected chi connectivity index (χ4v) is 4.97. The van der Waals surface area contributed by atoms with E-state index in [1.165, 1.54) is 36.8 Å². The van der Waals surface area contributed by atoms with Gasteiger partial charge in [0.15, 0.2) is 0 Å². The molecule has 0 spiro atoms. The number of benzene rings is 2. The van der Waals surface area contributed by atoms with Gasteiger partial charge in [0.05, 0.1) is 5.92 Å². The highest BCUT2D eigenvalue weighted by Gasteiger charge is 2.34. The van der Waals surface area contributed by atoms with E-state index in [1.54, 1.807) is 0 Å². The van der Waals surface area contributed by atoms with Crippen LogP contribution in [0.1, 0.15) is 49.1 Å². The van der Waals surface area contributed by atoms with E-state index >= 15 is 0 Å². The molecule has 148 valence electrons. The van der Waals surface area contributed by atoms with Crippen molar-refractivity contribution >= 4 is 5.91 Å². The number of hydrogen-bond acceptors (Lipinski definition) is 2. The van der Waals surface area contributed by atoms with Crippen LogP contribution in [0.5, 0.6) is 0 Å². The molecule has 0 aromatic heterocycles. The molecule has 0 radical (unpaired) electrons. The van der Waals surface area contributed by atoms with E-state index in [9.17, 15) is 4.79 Å². The first-order valence-electron chi connectivity index (χ1n) is 10.9. The highest BCUT2D eigenvalue weighted by atomic mass is 16.2. The summed E-state index contributed by atoms with van der Waals surface area (Å²) >= 11 is 0. The molecule has 1 aliphatic heterocycles. The van der Waals surface area contributed by atoms with E-state index in [1.807, 2.05) is 6.07 Å². The molecule has 0 bridgehead atoms. The zero-order chi connectivity index (χ0) is 19.2. The third-order valence-electron chi connectivity index (χ3n) is 6.49. The molecular formula is C25H32N2O. The van der Waals surface area contributed by atoms with Crippen LogP contribution in [0, 0.1) is 5.92 Å². The molecule has 2 atom stereocenters. The van der Waals surface area contributed by atoms with Crippen molar-refractivity contribution in [1.29, 1.82) is 0 Å². The van der Waals surface area contributed by atoms with Gasteiger partial charge in [-0.1, -0.05) is 73.5 Å². The quantitative estimate of drug-likeness (QED) is 0.777. The number of amides is 1. The van der Waals surface area contributed by atoms with E-state index in [0.29, 0.717) is 5.92 Å². The maximum Gasteiger partial charge on any atom is 0.228 e. The van der Waals surface area contributed by atoms with Crippen LogP contribution in [0.2, 0.25) is 0 Å². The molecule has 1 N–H and O–H groups in total. The van der Waals surface area contributed by atoms with Crippen molar-refractivity contribution in [2.45, 2.75) is 50.5 Å². The Labute approximate surface area is 169 Å². The molecular weight excluding hydrogens is 344 g/mol. The van der Waals surface area contributed by atoms with E-state index < -0.39 is 0 Å². The summed E-state index contributed by atoms with van der Waals surface area (Å²) in [4.78, 5) is 15.7. The maximum atomic E-state index is 13.2. The molecule has 1 saturated carbocycles. The van der Waals surface area contributed by atoms with Crippen molar-refractivity contribution in [1.82, 2.24) is 10.2 Å². The fourth-order valence-electron chi connectivity index (χ4n) is 4.97. The van der Waals surface area contributed by atoms with Crippen LogP contribution >= 0.6 is 0 Å². The molecule has 2 aromatic rings. The summed E-state index contributed by atoms with van der Waals surface area (Å²) in [5.74, 6) is 0.757. The lowest BCUT2D eigenvalue weighted by molar-refractivity contribution is -0.124. The Balaban J connectivity index is 1.33. The van der Waals surface area contributed by atoms with Crippen LogP contribution in [0.3, 0.4) is 0 Å². The van der Waals surface area contributed by atoms with Gasteiger partial charge in [-0.3, -0.25) is 4.79 Å². The first kappa shape index (κ1) is 19.2. The van der Waals surface area contributed by atoms with Gasteiger partial charge in [-0.2, -0.15) is 0 Å². The number of carbonyl (C=O) groups excluding carboxylic acids is 1. The van der Waals surface area contributed by atoms with Crippen LogP contribution in [-0.4, -0.2) is 36.5 Å². The van der Waals surface area contributed by atoms with Gasteiger partial charge in [-0.05, 0) is 42.7 Å². The van der Waals surface area contributed by atoms with Crippen molar-refractivity contribution in [3.05, 3.63) is 71.8 Å². The minimum atomic E-state index is 0.0158. The third-order valence-corrected chi connectivity index (χ3v) is 6.49. The molecule has 1 amide bonds. The van der Waals surface area contributed by atoms with Crippen LogP contribution in [-0.2, 0) is 11.2 Å². The second kappa shape index (κ2) is 9.38. The van der Waals surface area contributed by atoms with Crippen LogP contribution in [0.15, 0.2) is 60.7 Å². The normalized spacial score (nSPS) is 21.6. The van der Waals surface area contributed by atoms with Crippen molar-refractivity contribution in [3.63, 3.8) is 0 Å². The van der Waals surface area contributed by atoms with Crippen molar-refractivity contribution in [2.75, 3.05) is 19.6 Å². The summed E-state index contributed by atoms with van der Waals surface area (Å²) in [6.45, 7) is 3.13. The molecule has 3 heteroatoms. The Morgan fingerprint density at radius 2 is 1.64 bits per heavy atom. The largest absolute Gasteiger partial charge is 0.351 e. The van der Waals surface area contributed by atoms with Crippen LogP contribution in [0.25, 0.3) is 0 Å². The predicted octanol–water partition coefficient (Wildman–Crippen LogP) is 4.39. The van der Waals surface area contributed by atoms with E-state index in [0.717, 1.165) is 32.5 Å². The maximum absolute atomic E-state index is 13.2. The standard InChI is InChI=1S/C25H32N2O/c28-25(24(22-13-7-8-14-22)21-11-5-2-6-12-21)26-23-16-18-27(19-23)17-15-20-9-3-1-4-10-20/h1-6,9-12,22-24H,7-8,13-19H2,(H,26,28). The number of nitrogens with one attached hydrogen (secondary N) is 1. The van der Waals surface area contributed by atoms with Gasteiger partial charge < -0.3 is 10.2 Å². The molecule has 2 aliphatic rings.